The normalized spacial score (nSPS) is 10.6. The highest BCUT2D eigenvalue weighted by molar-refractivity contribution is 5.74. The fourth-order valence-corrected chi connectivity index (χ4v) is 1.68. The van der Waals surface area contributed by atoms with Crippen LogP contribution in [0.1, 0.15) is 5.69 Å². The molecule has 84 valence electrons. The van der Waals surface area contributed by atoms with E-state index < -0.39 is 0 Å². The molecule has 2 heterocycles. The molecule has 0 aliphatic carbocycles. The van der Waals surface area contributed by atoms with Gasteiger partial charge in [-0.15, -0.1) is 0 Å². The highest BCUT2D eigenvalue weighted by Crippen LogP contribution is 2.16. The molecule has 0 atom stereocenters. The SMILES string of the molecule is Cc1nc(Nc2ccccc2)nc2nc[nH]c12. The molecule has 2 N–H and O–H groups in total. The molecule has 17 heavy (non-hydrogen) atoms. The number of rotatable bonds is 2. The number of imidazole rings is 1. The van der Waals surface area contributed by atoms with Crippen molar-refractivity contribution in [2.75, 3.05) is 5.32 Å². The van der Waals surface area contributed by atoms with Crippen LogP contribution in [0.4, 0.5) is 11.6 Å². The van der Waals surface area contributed by atoms with Gasteiger partial charge in [-0.25, -0.2) is 9.97 Å². The molecule has 0 saturated heterocycles. The van der Waals surface area contributed by atoms with Crippen LogP contribution in [0.5, 0.6) is 0 Å². The number of H-pyrrole nitrogens is 1. The number of hydrogen-bond acceptors (Lipinski definition) is 4. The molecule has 5 nitrogen and oxygen atoms in total. The van der Waals surface area contributed by atoms with E-state index in [1.54, 1.807) is 6.33 Å². The number of nitrogens with zero attached hydrogens (tertiary/aromatic N) is 3. The van der Waals surface area contributed by atoms with E-state index in [9.17, 15) is 0 Å². The average molecular weight is 225 g/mol. The molecular formula is C12H11N5. The molecule has 1 aromatic carbocycles. The first kappa shape index (κ1) is 9.77. The number of hydrogen-bond donors (Lipinski definition) is 2. The van der Waals surface area contributed by atoms with Gasteiger partial charge in [-0.2, -0.15) is 4.98 Å². The maximum Gasteiger partial charge on any atom is 0.229 e. The molecule has 0 radical (unpaired) electrons. The van der Waals surface area contributed by atoms with Crippen LogP contribution >= 0.6 is 0 Å². The molecule has 5 heteroatoms. The van der Waals surface area contributed by atoms with Crippen molar-refractivity contribution in [2.45, 2.75) is 6.92 Å². The van der Waals surface area contributed by atoms with E-state index in [4.69, 9.17) is 0 Å². The van der Waals surface area contributed by atoms with Gasteiger partial charge in [0.15, 0.2) is 5.65 Å². The van der Waals surface area contributed by atoms with E-state index in [0.29, 0.717) is 11.6 Å². The zero-order chi connectivity index (χ0) is 11.7. The third kappa shape index (κ3) is 1.82. The second-order valence-corrected chi connectivity index (χ2v) is 3.72. The maximum atomic E-state index is 4.38. The van der Waals surface area contributed by atoms with Crippen LogP contribution in [0.25, 0.3) is 11.2 Å². The van der Waals surface area contributed by atoms with Crippen molar-refractivity contribution in [3.8, 4) is 0 Å². The Labute approximate surface area is 98.0 Å². The van der Waals surface area contributed by atoms with Gasteiger partial charge >= 0.3 is 0 Å². The first-order valence-corrected chi connectivity index (χ1v) is 5.33. The number of anilines is 2. The first-order chi connectivity index (χ1) is 8.33. The fourth-order valence-electron chi connectivity index (χ4n) is 1.68. The minimum atomic E-state index is 0.563. The van der Waals surface area contributed by atoms with E-state index in [2.05, 4.69) is 25.3 Å². The molecule has 0 aliphatic rings. The van der Waals surface area contributed by atoms with Crippen molar-refractivity contribution in [1.29, 1.82) is 0 Å². The predicted octanol–water partition coefficient (Wildman–Crippen LogP) is 2.40. The lowest BCUT2D eigenvalue weighted by atomic mass is 10.3. The van der Waals surface area contributed by atoms with Gasteiger partial charge in [-0.05, 0) is 19.1 Å². The van der Waals surface area contributed by atoms with Crippen LogP contribution in [0, 0.1) is 6.92 Å². The summed E-state index contributed by atoms with van der Waals surface area (Å²) in [5, 5.41) is 3.15. The summed E-state index contributed by atoms with van der Waals surface area (Å²) in [6.45, 7) is 1.93. The standard InChI is InChI=1S/C12H11N5/c1-8-10-11(14-7-13-10)17-12(15-8)16-9-5-3-2-4-6-9/h2-7H,1H3,(H2,13,14,15,16,17). The van der Waals surface area contributed by atoms with Crippen LogP contribution < -0.4 is 5.32 Å². The van der Waals surface area contributed by atoms with Gasteiger partial charge in [0, 0.05) is 5.69 Å². The maximum absolute atomic E-state index is 4.38. The summed E-state index contributed by atoms with van der Waals surface area (Å²) >= 11 is 0. The van der Waals surface area contributed by atoms with E-state index in [0.717, 1.165) is 16.9 Å². The Hall–Kier alpha value is -2.43. The molecular weight excluding hydrogens is 214 g/mol. The fraction of sp³-hybridized carbons (Fsp3) is 0.0833. The Morgan fingerprint density at radius 2 is 1.94 bits per heavy atom. The molecule has 0 saturated carbocycles. The lowest BCUT2D eigenvalue weighted by Gasteiger charge is -2.05. The average Bonchev–Trinajstić information content (AvgIpc) is 2.79. The van der Waals surface area contributed by atoms with E-state index in [1.165, 1.54) is 0 Å². The van der Waals surface area contributed by atoms with E-state index in [-0.39, 0.29) is 0 Å². The van der Waals surface area contributed by atoms with Crippen molar-refractivity contribution in [3.63, 3.8) is 0 Å². The van der Waals surface area contributed by atoms with Crippen LogP contribution in [-0.2, 0) is 0 Å². The third-order valence-corrected chi connectivity index (χ3v) is 2.50. The molecule has 3 aromatic rings. The number of aromatic nitrogens is 4. The molecule has 3 rings (SSSR count). The smallest absolute Gasteiger partial charge is 0.229 e. The van der Waals surface area contributed by atoms with Gasteiger partial charge in [-0.3, -0.25) is 0 Å². The minimum Gasteiger partial charge on any atom is -0.342 e. The first-order valence-electron chi connectivity index (χ1n) is 5.33. The lowest BCUT2D eigenvalue weighted by molar-refractivity contribution is 1.14. The van der Waals surface area contributed by atoms with Gasteiger partial charge in [-0.1, -0.05) is 18.2 Å². The van der Waals surface area contributed by atoms with E-state index >= 15 is 0 Å². The zero-order valence-electron chi connectivity index (χ0n) is 9.31. The lowest BCUT2D eigenvalue weighted by Crippen LogP contribution is -1.99. The Bertz CT molecular complexity index is 644. The van der Waals surface area contributed by atoms with Crippen LogP contribution in [0.3, 0.4) is 0 Å². The van der Waals surface area contributed by atoms with Gasteiger partial charge in [0.25, 0.3) is 0 Å². The monoisotopic (exact) mass is 225 g/mol. The number of aryl methyl sites for hydroxylation is 1. The molecule has 0 bridgehead atoms. The second kappa shape index (κ2) is 3.86. The Kier molecular flexibility index (Phi) is 2.22. The number of benzene rings is 1. The molecule has 2 aromatic heterocycles. The topological polar surface area (TPSA) is 66.5 Å². The highest BCUT2D eigenvalue weighted by Gasteiger charge is 2.06. The van der Waals surface area contributed by atoms with Gasteiger partial charge in [0.05, 0.1) is 12.0 Å². The minimum absolute atomic E-state index is 0.563. The Balaban J connectivity index is 2.01. The molecule has 0 spiro atoms. The second-order valence-electron chi connectivity index (χ2n) is 3.72. The largest absolute Gasteiger partial charge is 0.342 e. The number of fused-ring (bicyclic) bond motifs is 1. The molecule has 0 unspecified atom stereocenters. The number of para-hydroxylation sites is 1. The van der Waals surface area contributed by atoms with Crippen LogP contribution in [0.15, 0.2) is 36.7 Å². The molecule has 0 amide bonds. The van der Waals surface area contributed by atoms with Gasteiger partial charge in [0.1, 0.15) is 5.52 Å². The zero-order valence-corrected chi connectivity index (χ0v) is 9.31. The van der Waals surface area contributed by atoms with Crippen molar-refractivity contribution >= 4 is 22.8 Å². The summed E-state index contributed by atoms with van der Waals surface area (Å²) in [7, 11) is 0. The van der Waals surface area contributed by atoms with Crippen LogP contribution in [0.2, 0.25) is 0 Å². The molecule has 0 aliphatic heterocycles. The van der Waals surface area contributed by atoms with Gasteiger partial charge < -0.3 is 10.3 Å². The van der Waals surface area contributed by atoms with Crippen LogP contribution in [-0.4, -0.2) is 19.9 Å². The van der Waals surface area contributed by atoms with Crippen molar-refractivity contribution in [3.05, 3.63) is 42.4 Å². The third-order valence-electron chi connectivity index (χ3n) is 2.50. The van der Waals surface area contributed by atoms with Crippen molar-refractivity contribution in [2.24, 2.45) is 0 Å². The van der Waals surface area contributed by atoms with E-state index in [1.807, 2.05) is 37.3 Å². The van der Waals surface area contributed by atoms with Crippen molar-refractivity contribution in [1.82, 2.24) is 19.9 Å². The summed E-state index contributed by atoms with van der Waals surface area (Å²) in [6, 6.07) is 9.82. The highest BCUT2D eigenvalue weighted by atomic mass is 15.1. The summed E-state index contributed by atoms with van der Waals surface area (Å²) in [4.78, 5) is 15.9. The van der Waals surface area contributed by atoms with Gasteiger partial charge in [0.2, 0.25) is 5.95 Å². The Morgan fingerprint density at radius 1 is 1.12 bits per heavy atom. The summed E-state index contributed by atoms with van der Waals surface area (Å²) in [6.07, 6.45) is 1.62. The number of nitrogens with one attached hydrogen (secondary N) is 2. The predicted molar refractivity (Wildman–Crippen MR) is 66.1 cm³/mol. The molecule has 0 fully saturated rings. The number of aromatic amines is 1. The summed E-state index contributed by atoms with van der Waals surface area (Å²) in [5.74, 6) is 0.563. The Morgan fingerprint density at radius 3 is 2.76 bits per heavy atom. The quantitative estimate of drug-likeness (QED) is 0.702. The van der Waals surface area contributed by atoms with Crippen molar-refractivity contribution < 1.29 is 0 Å². The summed E-state index contributed by atoms with van der Waals surface area (Å²) < 4.78 is 0. The summed E-state index contributed by atoms with van der Waals surface area (Å²) in [5.41, 5.74) is 3.40.